The van der Waals surface area contributed by atoms with Crippen molar-refractivity contribution in [2.45, 2.75) is 25.9 Å². The summed E-state index contributed by atoms with van der Waals surface area (Å²) in [5.74, 6) is 0.808. The van der Waals surface area contributed by atoms with Gasteiger partial charge in [-0.3, -0.25) is 4.79 Å². The van der Waals surface area contributed by atoms with Crippen LogP contribution in [-0.4, -0.2) is 10.9 Å². The van der Waals surface area contributed by atoms with Gasteiger partial charge in [-0.1, -0.05) is 42.5 Å². The SMILES string of the molecule is Cc1c(C#N)c(N)nc2c3c(sc12)NC(=O)C[C@@H]3c1ccc(OCc2ccccc2)cc1. The number of rotatable bonds is 4. The van der Waals surface area contributed by atoms with Crippen LogP contribution < -0.4 is 15.8 Å². The Morgan fingerprint density at radius 2 is 1.97 bits per heavy atom. The molecule has 158 valence electrons. The first-order chi connectivity index (χ1) is 15.5. The van der Waals surface area contributed by atoms with E-state index < -0.39 is 0 Å². The lowest BCUT2D eigenvalue weighted by molar-refractivity contribution is -0.116. The molecule has 1 aliphatic heterocycles. The molecule has 6 nitrogen and oxygen atoms in total. The average molecular weight is 441 g/mol. The maximum atomic E-state index is 12.5. The van der Waals surface area contributed by atoms with Gasteiger partial charge in [0, 0.05) is 17.9 Å². The number of thiophene rings is 1. The number of carbonyl (C=O) groups excluding carboxylic acids is 1. The van der Waals surface area contributed by atoms with Crippen molar-refractivity contribution in [3.05, 3.63) is 82.4 Å². The van der Waals surface area contributed by atoms with Crippen LogP contribution in [0, 0.1) is 18.3 Å². The van der Waals surface area contributed by atoms with Crippen molar-refractivity contribution in [1.29, 1.82) is 5.26 Å². The monoisotopic (exact) mass is 440 g/mol. The first-order valence-corrected chi connectivity index (χ1v) is 11.1. The molecule has 1 amide bonds. The number of amides is 1. The van der Waals surface area contributed by atoms with Crippen molar-refractivity contribution in [1.82, 2.24) is 4.98 Å². The standard InChI is InChI=1S/C25H20N4O2S/c1-14-19(12-26)24(27)29-22-21-18(11-20(30)28-25(21)32-23(14)22)16-7-9-17(10-8-16)31-13-15-5-3-2-4-6-15/h2-10,18H,11,13H2,1H3,(H2,27,29)(H,28,30)/t18-/m1/s1. The number of ether oxygens (including phenoxy) is 1. The molecule has 32 heavy (non-hydrogen) atoms. The van der Waals surface area contributed by atoms with Gasteiger partial charge in [0.2, 0.25) is 5.91 Å². The number of nitrogens with two attached hydrogens (primary N) is 1. The van der Waals surface area contributed by atoms with E-state index in [4.69, 9.17) is 10.5 Å². The lowest BCUT2D eigenvalue weighted by atomic mass is 9.86. The van der Waals surface area contributed by atoms with E-state index >= 15 is 0 Å². The lowest BCUT2D eigenvalue weighted by Gasteiger charge is -2.23. The molecule has 0 spiro atoms. The Morgan fingerprint density at radius 3 is 2.69 bits per heavy atom. The molecule has 1 aliphatic rings. The first kappa shape index (κ1) is 20.0. The van der Waals surface area contributed by atoms with E-state index in [9.17, 15) is 10.1 Å². The molecule has 1 atom stereocenters. The predicted octanol–water partition coefficient (Wildman–Crippen LogP) is 5.11. The Labute approximate surface area is 189 Å². The molecular formula is C25H20N4O2S. The van der Waals surface area contributed by atoms with Gasteiger partial charge < -0.3 is 15.8 Å². The first-order valence-electron chi connectivity index (χ1n) is 10.2. The summed E-state index contributed by atoms with van der Waals surface area (Å²) in [7, 11) is 0. The molecule has 0 radical (unpaired) electrons. The van der Waals surface area contributed by atoms with Crippen molar-refractivity contribution in [3.63, 3.8) is 0 Å². The predicted molar refractivity (Wildman–Crippen MR) is 126 cm³/mol. The quantitative estimate of drug-likeness (QED) is 0.459. The molecule has 7 heteroatoms. The Bertz CT molecular complexity index is 1370. The third kappa shape index (κ3) is 3.45. The minimum atomic E-state index is -0.144. The van der Waals surface area contributed by atoms with E-state index in [2.05, 4.69) is 16.4 Å². The number of fused-ring (bicyclic) bond motifs is 3. The summed E-state index contributed by atoms with van der Waals surface area (Å²) in [4.78, 5) is 17.0. The Morgan fingerprint density at radius 1 is 1.22 bits per heavy atom. The van der Waals surface area contributed by atoms with Crippen molar-refractivity contribution in [2.75, 3.05) is 11.1 Å². The van der Waals surface area contributed by atoms with Crippen LogP contribution in [0.3, 0.4) is 0 Å². The molecule has 3 N–H and O–H groups in total. The van der Waals surface area contributed by atoms with Crippen LogP contribution >= 0.6 is 11.3 Å². The average Bonchev–Trinajstić information content (AvgIpc) is 3.17. The molecule has 5 rings (SSSR count). The summed E-state index contributed by atoms with van der Waals surface area (Å²) >= 11 is 1.45. The number of nitriles is 1. The van der Waals surface area contributed by atoms with Crippen LogP contribution in [0.5, 0.6) is 5.75 Å². The molecule has 0 aliphatic carbocycles. The third-order valence-electron chi connectivity index (χ3n) is 5.76. The second kappa shape index (κ2) is 7.98. The smallest absolute Gasteiger partial charge is 0.225 e. The van der Waals surface area contributed by atoms with Crippen LogP contribution in [-0.2, 0) is 11.4 Å². The van der Waals surface area contributed by atoms with Gasteiger partial charge in [-0.05, 0) is 35.7 Å². The van der Waals surface area contributed by atoms with Crippen molar-refractivity contribution in [3.8, 4) is 11.8 Å². The number of hydrogen-bond acceptors (Lipinski definition) is 6. The fraction of sp³-hybridized carbons (Fsp3) is 0.160. The van der Waals surface area contributed by atoms with Crippen LogP contribution in [0.4, 0.5) is 10.8 Å². The number of benzene rings is 2. The van der Waals surface area contributed by atoms with Gasteiger partial charge in [0.1, 0.15) is 29.2 Å². The zero-order valence-electron chi connectivity index (χ0n) is 17.4. The second-order valence-corrected chi connectivity index (χ2v) is 8.80. The number of nitrogens with one attached hydrogen (secondary N) is 1. The zero-order chi connectivity index (χ0) is 22.2. The van der Waals surface area contributed by atoms with Crippen molar-refractivity contribution < 1.29 is 9.53 Å². The summed E-state index contributed by atoms with van der Waals surface area (Å²) in [6.07, 6.45) is 0.323. The zero-order valence-corrected chi connectivity index (χ0v) is 18.2. The fourth-order valence-corrected chi connectivity index (χ4v) is 5.35. The highest BCUT2D eigenvalue weighted by Gasteiger charge is 2.32. The topological polar surface area (TPSA) is 101 Å². The molecule has 0 bridgehead atoms. The molecule has 0 fully saturated rings. The summed E-state index contributed by atoms with van der Waals surface area (Å²) in [5, 5.41) is 13.2. The lowest BCUT2D eigenvalue weighted by Crippen LogP contribution is -2.22. The van der Waals surface area contributed by atoms with Gasteiger partial charge >= 0.3 is 0 Å². The minimum absolute atomic E-state index is 0.0374. The Hall–Kier alpha value is -3.89. The number of pyridine rings is 1. The Kier molecular flexibility index (Phi) is 5.00. The molecule has 0 saturated heterocycles. The third-order valence-corrected chi connectivity index (χ3v) is 6.99. The van der Waals surface area contributed by atoms with Crippen LogP contribution in [0.25, 0.3) is 10.2 Å². The number of carbonyl (C=O) groups is 1. The Balaban J connectivity index is 1.50. The highest BCUT2D eigenvalue weighted by atomic mass is 32.1. The van der Waals surface area contributed by atoms with Gasteiger partial charge in [-0.25, -0.2) is 4.98 Å². The highest BCUT2D eigenvalue weighted by Crippen LogP contribution is 2.47. The van der Waals surface area contributed by atoms with E-state index in [-0.39, 0.29) is 17.6 Å². The van der Waals surface area contributed by atoms with E-state index in [1.807, 2.05) is 61.5 Å². The molecule has 4 aromatic rings. The maximum Gasteiger partial charge on any atom is 0.225 e. The van der Waals surface area contributed by atoms with Gasteiger partial charge in [-0.2, -0.15) is 5.26 Å². The second-order valence-electron chi connectivity index (χ2n) is 7.78. The molecule has 0 unspecified atom stereocenters. The summed E-state index contributed by atoms with van der Waals surface area (Å²) in [5.41, 5.74) is 11.1. The number of anilines is 2. The normalized spacial score (nSPS) is 15.1. The highest BCUT2D eigenvalue weighted by molar-refractivity contribution is 7.23. The van der Waals surface area contributed by atoms with Gasteiger partial charge in [-0.15, -0.1) is 11.3 Å². The van der Waals surface area contributed by atoms with E-state index in [0.29, 0.717) is 18.6 Å². The van der Waals surface area contributed by atoms with E-state index in [1.54, 1.807) is 0 Å². The van der Waals surface area contributed by atoms with Crippen LogP contribution in [0.15, 0.2) is 54.6 Å². The number of hydrogen-bond donors (Lipinski definition) is 2. The summed E-state index contributed by atoms with van der Waals surface area (Å²) in [6.45, 7) is 2.37. The maximum absolute atomic E-state index is 12.5. The number of nitrogen functional groups attached to an aromatic ring is 1. The minimum Gasteiger partial charge on any atom is -0.489 e. The summed E-state index contributed by atoms with van der Waals surface area (Å²) in [6, 6.07) is 20.0. The number of aryl methyl sites for hydroxylation is 1. The number of nitrogens with zero attached hydrogens (tertiary/aromatic N) is 2. The number of aromatic nitrogens is 1. The molecule has 0 saturated carbocycles. The largest absolute Gasteiger partial charge is 0.489 e. The molecular weight excluding hydrogens is 420 g/mol. The van der Waals surface area contributed by atoms with Crippen molar-refractivity contribution >= 4 is 38.3 Å². The van der Waals surface area contributed by atoms with Crippen molar-refractivity contribution in [2.24, 2.45) is 0 Å². The van der Waals surface area contributed by atoms with E-state index in [0.717, 1.165) is 43.2 Å². The van der Waals surface area contributed by atoms with Gasteiger partial charge in [0.05, 0.1) is 15.8 Å². The molecule has 2 aromatic heterocycles. The van der Waals surface area contributed by atoms with Crippen LogP contribution in [0.2, 0.25) is 0 Å². The molecule has 3 heterocycles. The van der Waals surface area contributed by atoms with Gasteiger partial charge in [0.25, 0.3) is 0 Å². The van der Waals surface area contributed by atoms with Gasteiger partial charge in [0.15, 0.2) is 0 Å². The van der Waals surface area contributed by atoms with E-state index in [1.165, 1.54) is 11.3 Å². The summed E-state index contributed by atoms with van der Waals surface area (Å²) < 4.78 is 6.79. The van der Waals surface area contributed by atoms with Crippen LogP contribution in [0.1, 0.15) is 40.2 Å². The molecule has 2 aromatic carbocycles. The fourth-order valence-electron chi connectivity index (χ4n) is 4.13.